The first kappa shape index (κ1) is 14.7. The molecule has 0 aromatic rings. The Morgan fingerprint density at radius 3 is 2.31 bits per heavy atom. The molecule has 0 rings (SSSR count). The van der Waals surface area contributed by atoms with Crippen LogP contribution in [0.5, 0.6) is 0 Å². The summed E-state index contributed by atoms with van der Waals surface area (Å²) in [5.74, 6) is -0.862. The number of Topliss-reactive ketones (excluding diaryl/α,β-unsaturated/α-hetero) is 1. The second kappa shape index (κ2) is 7.04. The van der Waals surface area contributed by atoms with E-state index in [9.17, 15) is 9.59 Å². The van der Waals surface area contributed by atoms with Crippen LogP contribution in [0.1, 0.15) is 26.7 Å². The highest BCUT2D eigenvalue weighted by atomic mass is 16.5. The van der Waals surface area contributed by atoms with E-state index in [2.05, 4.69) is 4.74 Å². The lowest BCUT2D eigenvalue weighted by molar-refractivity contribution is -0.138. The van der Waals surface area contributed by atoms with Crippen LogP contribution >= 0.6 is 0 Å². The first-order valence-corrected chi connectivity index (χ1v) is 5.44. The van der Waals surface area contributed by atoms with Gasteiger partial charge in [-0.05, 0) is 6.42 Å². The number of ketones is 1. The molecule has 16 heavy (non-hydrogen) atoms. The van der Waals surface area contributed by atoms with E-state index in [4.69, 9.17) is 0 Å². The minimum atomic E-state index is -0.568. The van der Waals surface area contributed by atoms with Gasteiger partial charge in [-0.3, -0.25) is 4.79 Å². The molecule has 0 amide bonds. The van der Waals surface area contributed by atoms with E-state index in [0.29, 0.717) is 0 Å². The van der Waals surface area contributed by atoms with Gasteiger partial charge in [-0.2, -0.15) is 0 Å². The lowest BCUT2D eigenvalue weighted by atomic mass is 9.95. The molecule has 0 fully saturated rings. The van der Waals surface area contributed by atoms with Crippen LogP contribution in [0.3, 0.4) is 0 Å². The molecular weight excluding hydrogens is 206 g/mol. The van der Waals surface area contributed by atoms with Crippen molar-refractivity contribution in [1.29, 1.82) is 0 Å². The van der Waals surface area contributed by atoms with Gasteiger partial charge in [0.25, 0.3) is 0 Å². The van der Waals surface area contributed by atoms with Crippen LogP contribution < -0.4 is 0 Å². The minimum absolute atomic E-state index is 0.119. The number of esters is 1. The Bertz CT molecular complexity index is 282. The molecule has 1 atom stereocenters. The molecule has 0 radical (unpaired) electrons. The Morgan fingerprint density at radius 1 is 1.38 bits per heavy atom. The van der Waals surface area contributed by atoms with Gasteiger partial charge in [0.2, 0.25) is 0 Å². The number of ether oxygens (including phenoxy) is 1. The van der Waals surface area contributed by atoms with Crippen molar-refractivity contribution in [2.45, 2.75) is 26.7 Å². The molecule has 92 valence electrons. The monoisotopic (exact) mass is 227 g/mol. The van der Waals surface area contributed by atoms with E-state index in [1.807, 2.05) is 13.8 Å². The molecule has 0 aromatic carbocycles. The first-order chi connectivity index (χ1) is 7.43. The summed E-state index contributed by atoms with van der Waals surface area (Å²) in [6.07, 6.45) is 3.21. The van der Waals surface area contributed by atoms with Crippen LogP contribution in [0.25, 0.3) is 0 Å². The van der Waals surface area contributed by atoms with E-state index in [-0.39, 0.29) is 17.3 Å². The predicted molar refractivity (Wildman–Crippen MR) is 62.9 cm³/mol. The van der Waals surface area contributed by atoms with Crippen LogP contribution in [0, 0.1) is 5.92 Å². The SMILES string of the molecule is CCCC(C)C(=O)C(=CN(C)C)C(=O)OC. The number of carbonyl (C=O) groups is 2. The van der Waals surface area contributed by atoms with E-state index < -0.39 is 5.97 Å². The summed E-state index contributed by atoms with van der Waals surface area (Å²) in [5.41, 5.74) is 0.119. The fraction of sp³-hybridized carbons (Fsp3) is 0.667. The molecule has 0 bridgehead atoms. The Balaban J connectivity index is 4.91. The van der Waals surface area contributed by atoms with E-state index in [1.54, 1.807) is 19.0 Å². The van der Waals surface area contributed by atoms with Crippen molar-refractivity contribution in [1.82, 2.24) is 4.90 Å². The van der Waals surface area contributed by atoms with Gasteiger partial charge < -0.3 is 9.64 Å². The molecule has 0 saturated heterocycles. The molecule has 1 unspecified atom stereocenters. The van der Waals surface area contributed by atoms with Gasteiger partial charge in [-0.15, -0.1) is 0 Å². The number of nitrogens with zero attached hydrogens (tertiary/aromatic N) is 1. The highest BCUT2D eigenvalue weighted by molar-refractivity contribution is 6.17. The molecule has 0 aliphatic heterocycles. The molecular formula is C12H21NO3. The average molecular weight is 227 g/mol. The van der Waals surface area contributed by atoms with Crippen molar-refractivity contribution < 1.29 is 14.3 Å². The van der Waals surface area contributed by atoms with E-state index in [0.717, 1.165) is 12.8 Å². The van der Waals surface area contributed by atoms with Gasteiger partial charge >= 0.3 is 5.97 Å². The van der Waals surface area contributed by atoms with Crippen molar-refractivity contribution in [2.75, 3.05) is 21.2 Å². The third-order valence-electron chi connectivity index (χ3n) is 2.23. The maximum atomic E-state index is 12.0. The Kier molecular flexibility index (Phi) is 6.46. The van der Waals surface area contributed by atoms with Crippen molar-refractivity contribution >= 4 is 11.8 Å². The second-order valence-electron chi connectivity index (χ2n) is 4.05. The Hall–Kier alpha value is -1.32. The van der Waals surface area contributed by atoms with Crippen molar-refractivity contribution in [3.05, 3.63) is 11.8 Å². The zero-order valence-electron chi connectivity index (χ0n) is 10.7. The summed E-state index contributed by atoms with van der Waals surface area (Å²) in [6, 6.07) is 0. The molecule has 4 heteroatoms. The maximum Gasteiger partial charge on any atom is 0.342 e. The Morgan fingerprint density at radius 2 is 1.94 bits per heavy atom. The van der Waals surface area contributed by atoms with Crippen molar-refractivity contribution in [2.24, 2.45) is 5.92 Å². The van der Waals surface area contributed by atoms with Gasteiger partial charge in [0, 0.05) is 26.2 Å². The third kappa shape index (κ3) is 4.47. The summed E-state index contributed by atoms with van der Waals surface area (Å²) in [6.45, 7) is 3.84. The quantitative estimate of drug-likeness (QED) is 0.299. The number of carbonyl (C=O) groups excluding carboxylic acids is 2. The number of rotatable bonds is 6. The normalized spacial score (nSPS) is 13.2. The number of hydrogen-bond acceptors (Lipinski definition) is 4. The summed E-state index contributed by atoms with van der Waals surface area (Å²) in [7, 11) is 4.81. The van der Waals surface area contributed by atoms with Gasteiger partial charge in [-0.25, -0.2) is 4.79 Å². The van der Waals surface area contributed by atoms with Crippen LogP contribution in [0.15, 0.2) is 11.8 Å². The lowest BCUT2D eigenvalue weighted by Gasteiger charge is -2.13. The molecule has 0 saturated carbocycles. The zero-order chi connectivity index (χ0) is 12.7. The van der Waals surface area contributed by atoms with E-state index in [1.165, 1.54) is 13.3 Å². The first-order valence-electron chi connectivity index (χ1n) is 5.44. The lowest BCUT2D eigenvalue weighted by Crippen LogP contribution is -2.23. The molecule has 4 nitrogen and oxygen atoms in total. The maximum absolute atomic E-state index is 12.0. The van der Waals surface area contributed by atoms with Crippen LogP contribution in [0.4, 0.5) is 0 Å². The highest BCUT2D eigenvalue weighted by Crippen LogP contribution is 2.14. The highest BCUT2D eigenvalue weighted by Gasteiger charge is 2.23. The minimum Gasteiger partial charge on any atom is -0.465 e. The molecule has 0 N–H and O–H groups in total. The molecule has 0 aliphatic carbocycles. The molecule has 0 aromatic heterocycles. The number of methoxy groups -OCH3 is 1. The van der Waals surface area contributed by atoms with Crippen LogP contribution in [-0.2, 0) is 14.3 Å². The molecule has 0 spiro atoms. The van der Waals surface area contributed by atoms with Gasteiger partial charge in [-0.1, -0.05) is 20.3 Å². The topological polar surface area (TPSA) is 46.6 Å². The Labute approximate surface area is 97.3 Å². The van der Waals surface area contributed by atoms with Crippen LogP contribution in [-0.4, -0.2) is 37.9 Å². The number of hydrogen-bond donors (Lipinski definition) is 0. The molecule has 0 heterocycles. The van der Waals surface area contributed by atoms with Gasteiger partial charge in [0.05, 0.1) is 7.11 Å². The van der Waals surface area contributed by atoms with Crippen molar-refractivity contribution in [3.63, 3.8) is 0 Å². The summed E-state index contributed by atoms with van der Waals surface area (Å²) >= 11 is 0. The second-order valence-corrected chi connectivity index (χ2v) is 4.05. The fourth-order valence-electron chi connectivity index (χ4n) is 1.41. The zero-order valence-corrected chi connectivity index (χ0v) is 10.7. The molecule has 0 aliphatic rings. The van der Waals surface area contributed by atoms with Gasteiger partial charge in [0.1, 0.15) is 5.57 Å². The van der Waals surface area contributed by atoms with E-state index >= 15 is 0 Å². The summed E-state index contributed by atoms with van der Waals surface area (Å²) in [5, 5.41) is 0. The van der Waals surface area contributed by atoms with Crippen LogP contribution in [0.2, 0.25) is 0 Å². The summed E-state index contributed by atoms with van der Waals surface area (Å²) in [4.78, 5) is 25.1. The van der Waals surface area contributed by atoms with Crippen molar-refractivity contribution in [3.8, 4) is 0 Å². The van der Waals surface area contributed by atoms with Gasteiger partial charge in [0.15, 0.2) is 5.78 Å². The predicted octanol–water partition coefficient (Wildman–Crippen LogP) is 1.61. The fourth-order valence-corrected chi connectivity index (χ4v) is 1.41. The smallest absolute Gasteiger partial charge is 0.342 e. The average Bonchev–Trinajstić information content (AvgIpc) is 2.24. The third-order valence-corrected chi connectivity index (χ3v) is 2.23. The summed E-state index contributed by atoms with van der Waals surface area (Å²) < 4.78 is 4.61. The largest absolute Gasteiger partial charge is 0.465 e. The standard InChI is InChI=1S/C12H21NO3/c1-6-7-9(2)11(14)10(8-13(3)4)12(15)16-5/h8-9H,6-7H2,1-5H3.